The number of alkyl halides is 16. The molecule has 0 aromatic heterocycles. The standard InChI is InChI=1S/C14H10F16O7S.Na/c15-5(16)11(23,24)13(27,28)9(19,20)2-8(1-4(31)32,38(34,35)36)7(33)37-3-10(21,22)14(29,30)12(25,26)6(17)18;/h5-6H,1-3H2,(H,31,32)(H,34,35,36);/q;+1/p-1. The molecule has 1 N–H and O–H groups in total. The van der Waals surface area contributed by atoms with Crippen LogP contribution in [-0.2, 0) is 24.4 Å². The first-order chi connectivity index (χ1) is 16.4. The zero-order valence-corrected chi connectivity index (χ0v) is 20.9. The van der Waals surface area contributed by atoms with Crippen molar-refractivity contribution in [2.75, 3.05) is 6.61 Å². The second-order valence-electron chi connectivity index (χ2n) is 7.18. The van der Waals surface area contributed by atoms with Crippen LogP contribution in [0.5, 0.6) is 0 Å². The predicted molar refractivity (Wildman–Crippen MR) is 81.2 cm³/mol. The van der Waals surface area contributed by atoms with Gasteiger partial charge in [-0.2, -0.15) is 61.1 Å². The molecule has 0 amide bonds. The average molecular weight is 648 g/mol. The van der Waals surface area contributed by atoms with E-state index >= 15 is 0 Å². The minimum Gasteiger partial charge on any atom is -0.550 e. The molecule has 0 saturated carbocycles. The monoisotopic (exact) mass is 648 g/mol. The summed E-state index contributed by atoms with van der Waals surface area (Å²) in [5.41, 5.74) is 0. The number of rotatable bonds is 14. The Kier molecular flexibility index (Phi) is 12.2. The van der Waals surface area contributed by atoms with Gasteiger partial charge in [-0.25, -0.2) is 17.6 Å². The number of hydrogen-bond donors (Lipinski definition) is 1. The number of hydrogen-bond acceptors (Lipinski definition) is 6. The fourth-order valence-electron chi connectivity index (χ4n) is 2.34. The Morgan fingerprint density at radius 3 is 1.36 bits per heavy atom. The molecule has 0 saturated heterocycles. The van der Waals surface area contributed by atoms with Crippen LogP contribution in [0.3, 0.4) is 0 Å². The SMILES string of the molecule is O=C([O-])CC(CC(F)(F)C(F)(F)C(F)(F)C(F)F)(C(=O)OCC(F)(F)C(F)(F)C(F)(F)C(F)F)S(=O)(=O)O.[Na+]. The number of carbonyl (C=O) groups is 2. The largest absolute Gasteiger partial charge is 1.00 e. The van der Waals surface area contributed by atoms with Crippen molar-refractivity contribution in [2.24, 2.45) is 0 Å². The zero-order valence-electron chi connectivity index (χ0n) is 18.1. The van der Waals surface area contributed by atoms with Crippen molar-refractivity contribution in [1.82, 2.24) is 0 Å². The molecule has 0 radical (unpaired) electrons. The van der Waals surface area contributed by atoms with Gasteiger partial charge in [0.1, 0.15) is 0 Å². The molecule has 0 aliphatic heterocycles. The van der Waals surface area contributed by atoms with Gasteiger partial charge in [0.15, 0.2) is 6.61 Å². The van der Waals surface area contributed by atoms with E-state index in [2.05, 4.69) is 4.74 Å². The van der Waals surface area contributed by atoms with E-state index in [1.807, 2.05) is 0 Å². The molecule has 0 aromatic carbocycles. The van der Waals surface area contributed by atoms with Gasteiger partial charge in [0.25, 0.3) is 10.1 Å². The Bertz CT molecular complexity index is 1000. The van der Waals surface area contributed by atoms with E-state index in [4.69, 9.17) is 4.55 Å². The Balaban J connectivity index is 0. The van der Waals surface area contributed by atoms with Gasteiger partial charge < -0.3 is 14.6 Å². The summed E-state index contributed by atoms with van der Waals surface area (Å²) in [7, 11) is -7.17. The third-order valence-corrected chi connectivity index (χ3v) is 5.93. The fourth-order valence-corrected chi connectivity index (χ4v) is 3.27. The summed E-state index contributed by atoms with van der Waals surface area (Å²) < 4.78 is 238. The van der Waals surface area contributed by atoms with Crippen LogP contribution in [0.1, 0.15) is 12.8 Å². The van der Waals surface area contributed by atoms with Gasteiger partial charge in [-0.1, -0.05) is 0 Å². The van der Waals surface area contributed by atoms with Crippen LogP contribution in [0.15, 0.2) is 0 Å². The maximum atomic E-state index is 14.0. The Morgan fingerprint density at radius 2 is 1.08 bits per heavy atom. The topological polar surface area (TPSA) is 121 Å². The van der Waals surface area contributed by atoms with Crippen molar-refractivity contribution < 1.29 is 132 Å². The summed E-state index contributed by atoms with van der Waals surface area (Å²) in [4.78, 5) is 22.6. The van der Waals surface area contributed by atoms with E-state index < -0.39 is 94.6 Å². The van der Waals surface area contributed by atoms with E-state index in [0.29, 0.717) is 0 Å². The Morgan fingerprint density at radius 1 is 0.744 bits per heavy atom. The van der Waals surface area contributed by atoms with E-state index in [1.54, 1.807) is 0 Å². The second-order valence-corrected chi connectivity index (χ2v) is 8.91. The van der Waals surface area contributed by atoms with Crippen molar-refractivity contribution in [3.63, 3.8) is 0 Å². The number of carboxylic acids is 1. The van der Waals surface area contributed by atoms with Crippen LogP contribution in [-0.4, -0.2) is 84.6 Å². The van der Waals surface area contributed by atoms with Gasteiger partial charge in [0.05, 0.1) is 6.42 Å². The third kappa shape index (κ3) is 7.15. The molecule has 0 aliphatic rings. The van der Waals surface area contributed by atoms with Gasteiger partial charge in [0, 0.05) is 12.4 Å². The molecular formula is C14H9F16NaO7S. The maximum absolute atomic E-state index is 14.0. The summed E-state index contributed by atoms with van der Waals surface area (Å²) >= 11 is 0. The summed E-state index contributed by atoms with van der Waals surface area (Å²) in [6.45, 7) is -3.75. The predicted octanol–water partition coefficient (Wildman–Crippen LogP) is 0.0323. The maximum Gasteiger partial charge on any atom is 1.00 e. The molecule has 0 spiro atoms. The van der Waals surface area contributed by atoms with E-state index in [9.17, 15) is 93.4 Å². The zero-order chi connectivity index (χ0) is 31.1. The molecule has 0 fully saturated rings. The van der Waals surface area contributed by atoms with Gasteiger partial charge in [-0.3, -0.25) is 9.35 Å². The number of aliphatic carboxylic acids is 1. The molecule has 0 rings (SSSR count). The van der Waals surface area contributed by atoms with Gasteiger partial charge in [-0.15, -0.1) is 0 Å². The number of carboxylic acid groups (broad SMARTS) is 1. The Labute approximate surface area is 226 Å². The van der Waals surface area contributed by atoms with E-state index in [1.165, 1.54) is 0 Å². The fraction of sp³-hybridized carbons (Fsp3) is 0.857. The summed E-state index contributed by atoms with van der Waals surface area (Å²) in [6.07, 6.45) is -18.5. The van der Waals surface area contributed by atoms with Crippen LogP contribution >= 0.6 is 0 Å². The van der Waals surface area contributed by atoms with Gasteiger partial charge in [-0.05, 0) is 0 Å². The first kappa shape index (κ1) is 39.9. The summed E-state index contributed by atoms with van der Waals surface area (Å²) in [5.74, 6) is -49.5. The molecule has 226 valence electrons. The molecule has 0 bridgehead atoms. The molecule has 7 nitrogen and oxygen atoms in total. The number of halogens is 16. The molecule has 1 atom stereocenters. The van der Waals surface area contributed by atoms with Gasteiger partial charge in [0.2, 0.25) is 4.75 Å². The first-order valence-electron chi connectivity index (χ1n) is 8.56. The van der Waals surface area contributed by atoms with Crippen LogP contribution in [0.2, 0.25) is 0 Å². The van der Waals surface area contributed by atoms with Crippen LogP contribution in [0.25, 0.3) is 0 Å². The second kappa shape index (κ2) is 11.9. The molecule has 25 heteroatoms. The van der Waals surface area contributed by atoms with Gasteiger partial charge >= 0.3 is 83.9 Å². The molecular weight excluding hydrogens is 639 g/mol. The first-order valence-corrected chi connectivity index (χ1v) is 10.0. The normalized spacial score (nSPS) is 16.1. The number of esters is 1. The number of ether oxygens (including phenoxy) is 1. The van der Waals surface area contributed by atoms with Crippen molar-refractivity contribution >= 4 is 22.1 Å². The van der Waals surface area contributed by atoms with Crippen LogP contribution < -0.4 is 34.7 Å². The molecule has 0 heterocycles. The quantitative estimate of drug-likeness (QED) is 0.122. The molecule has 1 unspecified atom stereocenters. The summed E-state index contributed by atoms with van der Waals surface area (Å²) in [6, 6.07) is 0. The molecule has 0 aliphatic carbocycles. The van der Waals surface area contributed by atoms with Crippen molar-refractivity contribution in [3.05, 3.63) is 0 Å². The number of carbonyl (C=O) groups excluding carboxylic acids is 2. The minimum absolute atomic E-state index is 0. The smallest absolute Gasteiger partial charge is 0.550 e. The van der Waals surface area contributed by atoms with E-state index in [0.717, 1.165) is 0 Å². The van der Waals surface area contributed by atoms with Crippen molar-refractivity contribution in [1.29, 1.82) is 0 Å². The minimum atomic E-state index is -7.45. The summed E-state index contributed by atoms with van der Waals surface area (Å²) in [5, 5.41) is 10.7. The van der Waals surface area contributed by atoms with Crippen molar-refractivity contribution in [3.8, 4) is 0 Å². The third-order valence-electron chi connectivity index (χ3n) is 4.49. The average Bonchev–Trinajstić information content (AvgIpc) is 2.69. The Hall–Kier alpha value is -1.27. The van der Waals surface area contributed by atoms with E-state index in [-0.39, 0.29) is 29.6 Å². The van der Waals surface area contributed by atoms with Crippen LogP contribution in [0.4, 0.5) is 70.2 Å². The molecule has 39 heavy (non-hydrogen) atoms. The van der Waals surface area contributed by atoms with Crippen molar-refractivity contribution in [2.45, 2.75) is 66.0 Å². The molecule has 0 aromatic rings. The van der Waals surface area contributed by atoms with Crippen LogP contribution in [0, 0.1) is 0 Å².